The molecule has 0 aromatic heterocycles. The first kappa shape index (κ1) is 16.1. The van der Waals surface area contributed by atoms with E-state index in [1.54, 1.807) is 0 Å². The van der Waals surface area contributed by atoms with Gasteiger partial charge in [0, 0.05) is 25.2 Å². The number of hydrogen-bond donors (Lipinski definition) is 1. The molecule has 0 radical (unpaired) electrons. The molecular weight excluding hydrogens is 288 g/mol. The first-order valence-electron chi connectivity index (χ1n) is 7.55. The van der Waals surface area contributed by atoms with Crippen molar-refractivity contribution in [3.05, 3.63) is 29.8 Å². The number of hydrogen-bond acceptors (Lipinski definition) is 3. The van der Waals surface area contributed by atoms with E-state index in [1.807, 2.05) is 36.1 Å². The molecule has 2 saturated heterocycles. The number of carbonyl (C=O) groups excluding carboxylic acids is 1. The number of benzene rings is 1. The molecular formula is C16H23ClN2O2. The molecule has 2 heterocycles. The number of rotatable bonds is 3. The number of amides is 1. The molecule has 21 heavy (non-hydrogen) atoms. The predicted molar refractivity (Wildman–Crippen MR) is 85.3 cm³/mol. The highest BCUT2D eigenvalue weighted by atomic mass is 35.5. The molecule has 4 nitrogen and oxygen atoms in total. The van der Waals surface area contributed by atoms with E-state index in [2.05, 4.69) is 5.32 Å². The fourth-order valence-corrected chi connectivity index (χ4v) is 3.22. The number of fused-ring (bicyclic) bond motifs is 2. The molecule has 1 aromatic rings. The second-order valence-corrected chi connectivity index (χ2v) is 5.61. The summed E-state index contributed by atoms with van der Waals surface area (Å²) >= 11 is 0. The Kier molecular flexibility index (Phi) is 5.48. The Morgan fingerprint density at radius 2 is 2.05 bits per heavy atom. The number of para-hydroxylation sites is 1. The maximum Gasteiger partial charge on any atom is 0.257 e. The molecule has 1 aromatic carbocycles. The van der Waals surface area contributed by atoms with Crippen molar-refractivity contribution in [1.82, 2.24) is 10.2 Å². The normalized spacial score (nSPS) is 24.1. The van der Waals surface area contributed by atoms with Crippen LogP contribution in [0.5, 0.6) is 5.75 Å². The highest BCUT2D eigenvalue weighted by molar-refractivity contribution is 5.97. The van der Waals surface area contributed by atoms with Gasteiger partial charge in [-0.2, -0.15) is 0 Å². The van der Waals surface area contributed by atoms with Gasteiger partial charge >= 0.3 is 0 Å². The van der Waals surface area contributed by atoms with Gasteiger partial charge in [-0.15, -0.1) is 12.4 Å². The predicted octanol–water partition coefficient (Wildman–Crippen LogP) is 2.47. The zero-order chi connectivity index (χ0) is 13.9. The number of nitrogens with zero attached hydrogens (tertiary/aromatic N) is 1. The van der Waals surface area contributed by atoms with Crippen LogP contribution in [0.25, 0.3) is 0 Å². The van der Waals surface area contributed by atoms with Gasteiger partial charge in [0.2, 0.25) is 0 Å². The van der Waals surface area contributed by atoms with Crippen LogP contribution in [0.15, 0.2) is 24.3 Å². The van der Waals surface area contributed by atoms with Crippen LogP contribution in [0.3, 0.4) is 0 Å². The van der Waals surface area contributed by atoms with Crippen LogP contribution in [0.4, 0.5) is 0 Å². The van der Waals surface area contributed by atoms with E-state index in [0.717, 1.165) is 19.5 Å². The Hall–Kier alpha value is -1.26. The third-order valence-corrected chi connectivity index (χ3v) is 4.23. The molecule has 0 spiro atoms. The number of halogens is 1. The molecule has 2 bridgehead atoms. The average molecular weight is 311 g/mol. The van der Waals surface area contributed by atoms with Gasteiger partial charge in [0.05, 0.1) is 12.2 Å². The molecule has 1 N–H and O–H groups in total. The van der Waals surface area contributed by atoms with Crippen LogP contribution in [-0.4, -0.2) is 42.6 Å². The lowest BCUT2D eigenvalue weighted by atomic mass is 10.1. The SMILES string of the molecule is CCOc1ccccc1C(=O)N1CCC2CCC(C1)N2.Cl. The second-order valence-electron chi connectivity index (χ2n) is 5.61. The minimum absolute atomic E-state index is 0. The summed E-state index contributed by atoms with van der Waals surface area (Å²) in [6.07, 6.45) is 3.49. The Morgan fingerprint density at radius 3 is 2.86 bits per heavy atom. The minimum Gasteiger partial charge on any atom is -0.493 e. The van der Waals surface area contributed by atoms with Crippen LogP contribution in [-0.2, 0) is 0 Å². The first-order valence-corrected chi connectivity index (χ1v) is 7.55. The van der Waals surface area contributed by atoms with E-state index in [-0.39, 0.29) is 18.3 Å². The van der Waals surface area contributed by atoms with E-state index < -0.39 is 0 Å². The number of nitrogens with one attached hydrogen (secondary N) is 1. The molecule has 2 aliphatic rings. The van der Waals surface area contributed by atoms with E-state index >= 15 is 0 Å². The van der Waals surface area contributed by atoms with Crippen LogP contribution < -0.4 is 10.1 Å². The van der Waals surface area contributed by atoms with Gasteiger partial charge in [0.1, 0.15) is 5.75 Å². The van der Waals surface area contributed by atoms with Crippen molar-refractivity contribution in [2.45, 2.75) is 38.3 Å². The lowest BCUT2D eigenvalue weighted by Crippen LogP contribution is -2.39. The summed E-state index contributed by atoms with van der Waals surface area (Å²) in [5, 5.41) is 3.60. The summed E-state index contributed by atoms with van der Waals surface area (Å²) in [6.45, 7) is 4.18. The van der Waals surface area contributed by atoms with Gasteiger partial charge in [-0.1, -0.05) is 12.1 Å². The monoisotopic (exact) mass is 310 g/mol. The molecule has 5 heteroatoms. The fourth-order valence-electron chi connectivity index (χ4n) is 3.22. The van der Waals surface area contributed by atoms with E-state index in [0.29, 0.717) is 30.0 Å². The van der Waals surface area contributed by atoms with Gasteiger partial charge in [0.25, 0.3) is 5.91 Å². The molecule has 0 aliphatic carbocycles. The molecule has 2 fully saturated rings. The molecule has 2 unspecified atom stereocenters. The van der Waals surface area contributed by atoms with Gasteiger partial charge < -0.3 is 15.0 Å². The van der Waals surface area contributed by atoms with Crippen LogP contribution in [0, 0.1) is 0 Å². The van der Waals surface area contributed by atoms with Crippen molar-refractivity contribution >= 4 is 18.3 Å². The lowest BCUT2D eigenvalue weighted by Gasteiger charge is -2.25. The van der Waals surface area contributed by atoms with E-state index in [4.69, 9.17) is 4.74 Å². The molecule has 2 aliphatic heterocycles. The topological polar surface area (TPSA) is 41.6 Å². The van der Waals surface area contributed by atoms with Gasteiger partial charge in [0.15, 0.2) is 0 Å². The third-order valence-electron chi connectivity index (χ3n) is 4.23. The van der Waals surface area contributed by atoms with Crippen LogP contribution in [0.2, 0.25) is 0 Å². The Balaban J connectivity index is 0.00000161. The fraction of sp³-hybridized carbons (Fsp3) is 0.562. The third kappa shape index (κ3) is 3.50. The molecule has 1 amide bonds. The standard InChI is InChI=1S/C16H22N2O2.ClH/c1-2-20-15-6-4-3-5-14(15)16(19)18-10-9-12-7-8-13(11-18)17-12;/h3-6,12-13,17H,2,7-11H2,1H3;1H. The zero-order valence-electron chi connectivity index (χ0n) is 12.4. The number of ether oxygens (including phenoxy) is 1. The highest BCUT2D eigenvalue weighted by Gasteiger charge is 2.32. The Morgan fingerprint density at radius 1 is 1.29 bits per heavy atom. The quantitative estimate of drug-likeness (QED) is 0.932. The molecule has 0 saturated carbocycles. The maximum atomic E-state index is 12.7. The molecule has 3 rings (SSSR count). The summed E-state index contributed by atoms with van der Waals surface area (Å²) in [5.74, 6) is 0.797. The van der Waals surface area contributed by atoms with E-state index in [1.165, 1.54) is 12.8 Å². The van der Waals surface area contributed by atoms with Crippen molar-refractivity contribution in [3.63, 3.8) is 0 Å². The minimum atomic E-state index is 0. The average Bonchev–Trinajstić information content (AvgIpc) is 2.79. The van der Waals surface area contributed by atoms with Gasteiger partial charge in [-0.25, -0.2) is 0 Å². The summed E-state index contributed by atoms with van der Waals surface area (Å²) < 4.78 is 5.58. The van der Waals surface area contributed by atoms with Crippen molar-refractivity contribution in [3.8, 4) is 5.75 Å². The summed E-state index contributed by atoms with van der Waals surface area (Å²) in [7, 11) is 0. The van der Waals surface area contributed by atoms with Gasteiger partial charge in [-0.3, -0.25) is 4.79 Å². The van der Waals surface area contributed by atoms with Crippen LogP contribution >= 0.6 is 12.4 Å². The van der Waals surface area contributed by atoms with Gasteiger partial charge in [-0.05, 0) is 38.3 Å². The van der Waals surface area contributed by atoms with Crippen molar-refractivity contribution in [2.75, 3.05) is 19.7 Å². The number of carbonyl (C=O) groups is 1. The zero-order valence-corrected chi connectivity index (χ0v) is 13.2. The van der Waals surface area contributed by atoms with E-state index in [9.17, 15) is 4.79 Å². The lowest BCUT2D eigenvalue weighted by molar-refractivity contribution is 0.0744. The molecule has 2 atom stereocenters. The summed E-state index contributed by atoms with van der Waals surface area (Å²) in [5.41, 5.74) is 0.687. The van der Waals surface area contributed by atoms with Crippen LogP contribution in [0.1, 0.15) is 36.5 Å². The summed E-state index contributed by atoms with van der Waals surface area (Å²) in [4.78, 5) is 14.7. The first-order chi connectivity index (χ1) is 9.78. The van der Waals surface area contributed by atoms with Crippen molar-refractivity contribution in [1.29, 1.82) is 0 Å². The highest BCUT2D eigenvalue weighted by Crippen LogP contribution is 2.24. The molecule has 116 valence electrons. The smallest absolute Gasteiger partial charge is 0.257 e. The maximum absolute atomic E-state index is 12.7. The Bertz CT molecular complexity index is 495. The number of likely N-dealkylation sites (tertiary alicyclic amines) is 1. The summed E-state index contributed by atoms with van der Waals surface area (Å²) in [6, 6.07) is 8.61. The second kappa shape index (κ2) is 7.14. The largest absolute Gasteiger partial charge is 0.493 e. The van der Waals surface area contributed by atoms with Crippen molar-refractivity contribution in [2.24, 2.45) is 0 Å². The Labute approximate surface area is 132 Å². The van der Waals surface area contributed by atoms with Crippen molar-refractivity contribution < 1.29 is 9.53 Å².